The Morgan fingerprint density at radius 1 is 0.889 bits per heavy atom. The molecule has 0 aromatic heterocycles. The molecule has 0 nitrogen and oxygen atoms in total. The van der Waals surface area contributed by atoms with Crippen LogP contribution in [0.1, 0.15) is 24.8 Å². The Balaban J connectivity index is 3.39. The molecule has 0 aliphatic carbocycles. The summed E-state index contributed by atoms with van der Waals surface area (Å²) in [5, 5.41) is 0. The number of benzene rings is 1. The molecule has 102 valence electrons. The number of hydrogen-bond donors (Lipinski definition) is 0. The first-order valence-corrected chi connectivity index (χ1v) is 9.41. The predicted octanol–water partition coefficient (Wildman–Crippen LogP) is 4.57. The van der Waals surface area contributed by atoms with E-state index in [1.807, 2.05) is 0 Å². The van der Waals surface area contributed by atoms with E-state index in [-0.39, 0.29) is 12.5 Å². The first-order valence-electron chi connectivity index (χ1n) is 5.10. The van der Waals surface area contributed by atoms with Crippen LogP contribution in [0.25, 0.3) is 0 Å². The van der Waals surface area contributed by atoms with Crippen molar-refractivity contribution < 1.29 is 22.0 Å². The maximum absolute atomic E-state index is 13.5. The zero-order valence-corrected chi connectivity index (χ0v) is 11.9. The smallest absolute Gasteiger partial charge is 0.203 e. The van der Waals surface area contributed by atoms with E-state index in [1.54, 1.807) is 6.92 Å². The van der Waals surface area contributed by atoms with Gasteiger partial charge in [0.25, 0.3) is 0 Å². The van der Waals surface area contributed by atoms with Gasteiger partial charge in [-0.05, 0) is 18.4 Å². The van der Waals surface area contributed by atoms with Crippen molar-refractivity contribution in [3.8, 4) is 0 Å². The largest absolute Gasteiger partial charge is 0.237 e. The molecule has 0 heterocycles. The molecule has 1 aromatic rings. The monoisotopic (exact) mass is 322 g/mol. The van der Waals surface area contributed by atoms with Crippen molar-refractivity contribution >= 4 is 29.6 Å². The molecule has 0 bridgehead atoms. The second-order valence-corrected chi connectivity index (χ2v) is 8.80. The molecule has 0 amide bonds. The number of hydrogen-bond acceptors (Lipinski definition) is 0. The molecule has 0 saturated heterocycles. The van der Waals surface area contributed by atoms with Gasteiger partial charge in [-0.3, -0.25) is 0 Å². The van der Waals surface area contributed by atoms with Crippen molar-refractivity contribution in [1.82, 2.24) is 0 Å². The van der Waals surface area contributed by atoms with Crippen LogP contribution in [-0.2, 0) is 0 Å². The van der Waals surface area contributed by atoms with E-state index in [1.165, 1.54) is 0 Å². The first kappa shape index (κ1) is 15.7. The molecule has 0 saturated carbocycles. The summed E-state index contributed by atoms with van der Waals surface area (Å²) in [6.45, 7) is 1.56. The van der Waals surface area contributed by atoms with Gasteiger partial charge >= 0.3 is 0 Å². The lowest BCUT2D eigenvalue weighted by atomic mass is 9.96. The van der Waals surface area contributed by atoms with Crippen molar-refractivity contribution in [1.29, 1.82) is 0 Å². The Labute approximate surface area is 112 Å². The molecular formula is C10H9Cl2F5Si. The topological polar surface area (TPSA) is 0 Å². The molecule has 1 rings (SSSR count). The highest BCUT2D eigenvalue weighted by atomic mass is 35.7. The van der Waals surface area contributed by atoms with Crippen LogP contribution in [0.2, 0.25) is 6.04 Å². The third-order valence-electron chi connectivity index (χ3n) is 2.61. The van der Waals surface area contributed by atoms with Gasteiger partial charge in [-0.15, -0.1) is 0 Å². The lowest BCUT2D eigenvalue weighted by Crippen LogP contribution is -2.13. The molecule has 0 spiro atoms. The second kappa shape index (κ2) is 6.21. The molecular weight excluding hydrogens is 314 g/mol. The standard InChI is InChI=1S/C10H9Cl2F5Si/c1-2-4(3-18(11)12)5-6(13)8(15)10(17)9(16)7(5)14/h4,18H,2-3H2,1H3. The van der Waals surface area contributed by atoms with E-state index >= 15 is 0 Å². The normalized spacial score (nSPS) is 13.2. The third-order valence-corrected chi connectivity index (χ3v) is 4.60. The fraction of sp³-hybridized carbons (Fsp3) is 0.400. The highest BCUT2D eigenvalue weighted by Crippen LogP contribution is 2.34. The molecule has 18 heavy (non-hydrogen) atoms. The minimum Gasteiger partial charge on any atom is -0.203 e. The van der Waals surface area contributed by atoms with Crippen LogP contribution in [0.4, 0.5) is 22.0 Å². The summed E-state index contributed by atoms with van der Waals surface area (Å²) in [4.78, 5) is 0. The number of halogens is 7. The lowest BCUT2D eigenvalue weighted by molar-refractivity contribution is 0.364. The Hall–Kier alpha value is -0.333. The quantitative estimate of drug-likeness (QED) is 0.250. The van der Waals surface area contributed by atoms with Crippen molar-refractivity contribution in [3.63, 3.8) is 0 Å². The summed E-state index contributed by atoms with van der Waals surface area (Å²) in [5.41, 5.74) is -0.826. The van der Waals surface area contributed by atoms with Crippen LogP contribution < -0.4 is 0 Å². The van der Waals surface area contributed by atoms with Gasteiger partial charge in [0.2, 0.25) is 13.2 Å². The fourth-order valence-corrected chi connectivity index (χ4v) is 3.97. The maximum atomic E-state index is 13.5. The first-order chi connectivity index (χ1) is 8.31. The SMILES string of the molecule is CCC(C[SiH](Cl)Cl)c1c(F)c(F)c(F)c(F)c1F. The summed E-state index contributed by atoms with van der Waals surface area (Å²) >= 11 is 11.2. The van der Waals surface area contributed by atoms with Crippen LogP contribution in [0.15, 0.2) is 0 Å². The van der Waals surface area contributed by atoms with Gasteiger partial charge in [-0.25, -0.2) is 22.0 Å². The molecule has 0 N–H and O–H groups in total. The van der Waals surface area contributed by atoms with Crippen molar-refractivity contribution in [2.75, 3.05) is 0 Å². The molecule has 0 aliphatic rings. The molecule has 1 unspecified atom stereocenters. The molecule has 8 heteroatoms. The molecule has 0 radical (unpaired) electrons. The lowest BCUT2D eigenvalue weighted by Gasteiger charge is -2.17. The van der Waals surface area contributed by atoms with Gasteiger partial charge in [-0.2, -0.15) is 22.2 Å². The van der Waals surface area contributed by atoms with E-state index in [0.717, 1.165) is 0 Å². The molecule has 1 atom stereocenters. The van der Waals surface area contributed by atoms with Gasteiger partial charge in [0, 0.05) is 5.56 Å². The summed E-state index contributed by atoms with van der Waals surface area (Å²) in [6, 6.07) is 0.0396. The predicted molar refractivity (Wildman–Crippen MR) is 62.9 cm³/mol. The van der Waals surface area contributed by atoms with E-state index in [4.69, 9.17) is 22.2 Å². The molecule has 1 aromatic carbocycles. The van der Waals surface area contributed by atoms with E-state index in [0.29, 0.717) is 0 Å². The van der Waals surface area contributed by atoms with Gasteiger partial charge in [0.15, 0.2) is 23.3 Å². The van der Waals surface area contributed by atoms with Crippen LogP contribution in [0.5, 0.6) is 0 Å². The summed E-state index contributed by atoms with van der Waals surface area (Å²) in [5.74, 6) is -10.5. The maximum Gasteiger partial charge on any atom is 0.237 e. The highest BCUT2D eigenvalue weighted by molar-refractivity contribution is 7.33. The van der Waals surface area contributed by atoms with Gasteiger partial charge in [0.05, 0.1) is 0 Å². The molecule has 0 aliphatic heterocycles. The van der Waals surface area contributed by atoms with Crippen LogP contribution in [0.3, 0.4) is 0 Å². The van der Waals surface area contributed by atoms with Crippen LogP contribution in [0, 0.1) is 29.1 Å². The summed E-state index contributed by atoms with van der Waals surface area (Å²) < 4.78 is 65.9. The van der Waals surface area contributed by atoms with Gasteiger partial charge in [0.1, 0.15) is 0 Å². The minimum atomic E-state index is -2.23. The average molecular weight is 323 g/mol. The highest BCUT2D eigenvalue weighted by Gasteiger charge is 2.30. The van der Waals surface area contributed by atoms with Crippen LogP contribution in [-0.4, -0.2) is 7.42 Å². The Morgan fingerprint density at radius 3 is 1.61 bits per heavy atom. The second-order valence-electron chi connectivity index (χ2n) is 3.72. The zero-order valence-electron chi connectivity index (χ0n) is 9.21. The average Bonchev–Trinajstić information content (AvgIpc) is 2.32. The summed E-state index contributed by atoms with van der Waals surface area (Å²) in [6.07, 6.45) is 0.182. The van der Waals surface area contributed by atoms with Crippen LogP contribution >= 0.6 is 22.2 Å². The van der Waals surface area contributed by atoms with Gasteiger partial charge < -0.3 is 0 Å². The van der Waals surface area contributed by atoms with Crippen molar-refractivity contribution in [3.05, 3.63) is 34.6 Å². The Morgan fingerprint density at radius 2 is 1.28 bits per heavy atom. The zero-order chi connectivity index (χ0) is 14.0. The third kappa shape index (κ3) is 2.97. The van der Waals surface area contributed by atoms with E-state index in [9.17, 15) is 22.0 Å². The van der Waals surface area contributed by atoms with Crippen molar-refractivity contribution in [2.45, 2.75) is 25.3 Å². The van der Waals surface area contributed by atoms with E-state index < -0.39 is 48.0 Å². The number of rotatable bonds is 4. The molecule has 0 fully saturated rings. The van der Waals surface area contributed by atoms with Crippen molar-refractivity contribution in [2.24, 2.45) is 0 Å². The van der Waals surface area contributed by atoms with E-state index in [2.05, 4.69) is 0 Å². The summed E-state index contributed by atoms with van der Waals surface area (Å²) in [7, 11) is -2.23. The Kier molecular flexibility index (Phi) is 5.42. The Bertz CT molecular complexity index is 423. The fourth-order valence-electron chi connectivity index (χ4n) is 1.68. The minimum absolute atomic E-state index is 0.0396. The van der Waals surface area contributed by atoms with Gasteiger partial charge in [-0.1, -0.05) is 6.92 Å².